The molecule has 1 rings (SSSR count). The Bertz CT molecular complexity index is 192. The minimum Gasteiger partial charge on any atom is -0.177 e. The van der Waals surface area contributed by atoms with E-state index < -0.39 is 4.71 Å². The van der Waals surface area contributed by atoms with Crippen LogP contribution >= 0.6 is 34.7 Å². The molecule has 0 aliphatic heterocycles. The summed E-state index contributed by atoms with van der Waals surface area (Å²) < 4.78 is 21.4. The van der Waals surface area contributed by atoms with Crippen molar-refractivity contribution in [3.8, 4) is 0 Å². The third-order valence-electron chi connectivity index (χ3n) is 0.711. The lowest BCUT2D eigenvalue weighted by Crippen LogP contribution is -1.95. The number of thiophene rings is 1. The summed E-state index contributed by atoms with van der Waals surface area (Å²) in [6, 6.07) is 3.31. The quantitative estimate of drug-likeness (QED) is 0.519. The van der Waals surface area contributed by atoms with E-state index in [9.17, 15) is 8.78 Å². The lowest BCUT2D eigenvalue weighted by molar-refractivity contribution is 0.203. The number of alkyl halides is 3. The largest absolute Gasteiger partial charge is 0.376 e. The van der Waals surface area contributed by atoms with E-state index in [1.165, 1.54) is 11.3 Å². The van der Waals surface area contributed by atoms with Crippen LogP contribution in [0.15, 0.2) is 21.7 Å². The Kier molecular flexibility index (Phi) is 2.55. The molecule has 0 spiro atoms. The SMILES string of the molecule is FC(F)(Cl)Sc1cccs1. The molecule has 1 aromatic heterocycles. The van der Waals surface area contributed by atoms with E-state index in [0.717, 1.165) is 0 Å². The Balaban J connectivity index is 2.57. The lowest BCUT2D eigenvalue weighted by atomic mass is 10.7. The summed E-state index contributed by atoms with van der Waals surface area (Å²) >= 11 is 6.27. The van der Waals surface area contributed by atoms with Gasteiger partial charge in [-0.05, 0) is 34.8 Å². The number of halogens is 3. The Morgan fingerprint density at radius 3 is 2.70 bits per heavy atom. The highest BCUT2D eigenvalue weighted by Gasteiger charge is 2.26. The first-order valence-electron chi connectivity index (χ1n) is 2.37. The smallest absolute Gasteiger partial charge is 0.177 e. The summed E-state index contributed by atoms with van der Waals surface area (Å²) in [6.45, 7) is 0. The van der Waals surface area contributed by atoms with Gasteiger partial charge >= 0.3 is 4.71 Å². The molecule has 56 valence electrons. The van der Waals surface area contributed by atoms with Crippen molar-refractivity contribution in [1.29, 1.82) is 0 Å². The van der Waals surface area contributed by atoms with E-state index >= 15 is 0 Å². The van der Waals surface area contributed by atoms with Gasteiger partial charge in [-0.15, -0.1) is 11.3 Å². The fraction of sp³-hybridized carbons (Fsp3) is 0.200. The highest BCUT2D eigenvalue weighted by atomic mass is 35.5. The Labute approximate surface area is 70.2 Å². The Morgan fingerprint density at radius 2 is 2.30 bits per heavy atom. The maximum absolute atomic E-state index is 12.0. The first-order chi connectivity index (χ1) is 4.58. The van der Waals surface area contributed by atoms with E-state index in [1.54, 1.807) is 17.5 Å². The van der Waals surface area contributed by atoms with E-state index in [4.69, 9.17) is 0 Å². The third-order valence-corrected chi connectivity index (χ3v) is 2.71. The fourth-order valence-electron chi connectivity index (χ4n) is 0.436. The van der Waals surface area contributed by atoms with Crippen LogP contribution in [0.1, 0.15) is 0 Å². The zero-order chi connectivity index (χ0) is 7.61. The van der Waals surface area contributed by atoms with Gasteiger partial charge in [0.1, 0.15) is 0 Å². The van der Waals surface area contributed by atoms with Gasteiger partial charge in [-0.3, -0.25) is 0 Å². The van der Waals surface area contributed by atoms with Gasteiger partial charge in [-0.1, -0.05) is 6.07 Å². The summed E-state index contributed by atoms with van der Waals surface area (Å²) in [5.74, 6) is 0. The second kappa shape index (κ2) is 3.07. The molecular formula is C5H3ClF2S2. The second-order valence-corrected chi connectivity index (χ2v) is 4.54. The average Bonchev–Trinajstić information content (AvgIpc) is 2.12. The predicted molar refractivity (Wildman–Crippen MR) is 41.0 cm³/mol. The molecule has 0 atom stereocenters. The fourth-order valence-corrected chi connectivity index (χ4v) is 2.32. The predicted octanol–water partition coefficient (Wildman–Crippen LogP) is 3.63. The van der Waals surface area contributed by atoms with Crippen LogP contribution in [0.2, 0.25) is 0 Å². The molecule has 0 nitrogen and oxygen atoms in total. The number of rotatable bonds is 2. The summed E-state index contributed by atoms with van der Waals surface area (Å²) in [6.07, 6.45) is 0. The Hall–Kier alpha value is 0.200. The van der Waals surface area contributed by atoms with Crippen LogP contribution in [-0.4, -0.2) is 4.71 Å². The molecule has 0 aliphatic rings. The summed E-state index contributed by atoms with van der Waals surface area (Å²) in [5.41, 5.74) is 0. The molecule has 10 heavy (non-hydrogen) atoms. The van der Waals surface area contributed by atoms with Gasteiger partial charge < -0.3 is 0 Å². The van der Waals surface area contributed by atoms with Crippen molar-refractivity contribution in [3.05, 3.63) is 17.5 Å². The second-order valence-electron chi connectivity index (χ2n) is 1.48. The maximum atomic E-state index is 12.0. The summed E-state index contributed by atoms with van der Waals surface area (Å²) in [7, 11) is 0. The first-order valence-corrected chi connectivity index (χ1v) is 4.44. The van der Waals surface area contributed by atoms with Gasteiger partial charge in [-0.2, -0.15) is 8.78 Å². The van der Waals surface area contributed by atoms with Crippen molar-refractivity contribution in [2.24, 2.45) is 0 Å². The van der Waals surface area contributed by atoms with Crippen LogP contribution < -0.4 is 0 Å². The van der Waals surface area contributed by atoms with E-state index in [1.807, 2.05) is 0 Å². The van der Waals surface area contributed by atoms with Crippen molar-refractivity contribution in [2.45, 2.75) is 8.92 Å². The van der Waals surface area contributed by atoms with E-state index in [0.29, 0.717) is 16.0 Å². The van der Waals surface area contributed by atoms with Crippen LogP contribution in [0.5, 0.6) is 0 Å². The van der Waals surface area contributed by atoms with Gasteiger partial charge in [0.25, 0.3) is 0 Å². The van der Waals surface area contributed by atoms with Crippen LogP contribution in [0.3, 0.4) is 0 Å². The van der Waals surface area contributed by atoms with Crippen LogP contribution in [0, 0.1) is 0 Å². The van der Waals surface area contributed by atoms with Gasteiger partial charge in [0.05, 0.1) is 4.21 Å². The molecule has 0 unspecified atom stereocenters. The van der Waals surface area contributed by atoms with Crippen molar-refractivity contribution in [2.75, 3.05) is 0 Å². The van der Waals surface area contributed by atoms with Crippen molar-refractivity contribution in [1.82, 2.24) is 0 Å². The van der Waals surface area contributed by atoms with Gasteiger partial charge in [-0.25, -0.2) is 0 Å². The molecule has 0 fully saturated rings. The molecule has 0 radical (unpaired) electrons. The minimum atomic E-state index is -3.18. The molecule has 0 bridgehead atoms. The normalized spacial score (nSPS) is 11.9. The van der Waals surface area contributed by atoms with Crippen molar-refractivity contribution < 1.29 is 8.78 Å². The monoisotopic (exact) mass is 200 g/mol. The van der Waals surface area contributed by atoms with Gasteiger partial charge in [0, 0.05) is 0 Å². The first kappa shape index (κ1) is 8.30. The number of hydrogen-bond acceptors (Lipinski definition) is 2. The van der Waals surface area contributed by atoms with E-state index in [2.05, 4.69) is 11.6 Å². The zero-order valence-electron chi connectivity index (χ0n) is 4.68. The molecule has 1 heterocycles. The highest BCUT2D eigenvalue weighted by molar-refractivity contribution is 8.03. The van der Waals surface area contributed by atoms with Gasteiger partial charge in [0.2, 0.25) is 0 Å². The number of hydrogen-bond donors (Lipinski definition) is 0. The molecule has 0 saturated heterocycles. The molecule has 0 aliphatic carbocycles. The van der Waals surface area contributed by atoms with Gasteiger partial charge in [0.15, 0.2) is 0 Å². The molecular weight excluding hydrogens is 198 g/mol. The topological polar surface area (TPSA) is 0 Å². The molecule has 1 aromatic rings. The van der Waals surface area contributed by atoms with Crippen LogP contribution in [0.4, 0.5) is 8.78 Å². The molecule has 0 N–H and O–H groups in total. The van der Waals surface area contributed by atoms with Crippen molar-refractivity contribution >= 4 is 34.7 Å². The molecule has 0 aromatic carbocycles. The van der Waals surface area contributed by atoms with Crippen LogP contribution in [0.25, 0.3) is 0 Å². The Morgan fingerprint density at radius 1 is 1.60 bits per heavy atom. The van der Waals surface area contributed by atoms with Crippen LogP contribution in [-0.2, 0) is 0 Å². The van der Waals surface area contributed by atoms with E-state index in [-0.39, 0.29) is 0 Å². The molecule has 0 saturated carbocycles. The summed E-state index contributed by atoms with van der Waals surface area (Å²) in [5, 5.41) is 1.73. The standard InChI is InChI=1S/C5H3ClF2S2/c6-5(7,8)10-4-2-1-3-9-4/h1-3H. The number of thioether (sulfide) groups is 1. The molecule has 0 amide bonds. The average molecular weight is 201 g/mol. The highest BCUT2D eigenvalue weighted by Crippen LogP contribution is 2.40. The minimum absolute atomic E-state index is 0.358. The van der Waals surface area contributed by atoms with Crippen molar-refractivity contribution in [3.63, 3.8) is 0 Å². The summed E-state index contributed by atoms with van der Waals surface area (Å²) in [4.78, 5) is 0. The molecule has 5 heteroatoms. The zero-order valence-corrected chi connectivity index (χ0v) is 7.07. The lowest BCUT2D eigenvalue weighted by Gasteiger charge is -2.02. The third kappa shape index (κ3) is 2.86. The maximum Gasteiger partial charge on any atom is 0.376 e.